The van der Waals surface area contributed by atoms with Gasteiger partial charge in [0, 0.05) is 0 Å². The van der Waals surface area contributed by atoms with E-state index in [2.05, 4.69) is 26.8 Å². The zero-order chi connectivity index (χ0) is 10.3. The molecule has 6 heteroatoms. The van der Waals surface area contributed by atoms with Crippen LogP contribution in [0.3, 0.4) is 0 Å². The van der Waals surface area contributed by atoms with Crippen molar-refractivity contribution in [1.82, 2.24) is 25.2 Å². The normalized spacial score (nSPS) is 11.0. The molecule has 3 aromatic rings. The quantitative estimate of drug-likeness (QED) is 0.584. The van der Waals surface area contributed by atoms with Gasteiger partial charge in [-0.05, 0) is 24.3 Å². The summed E-state index contributed by atoms with van der Waals surface area (Å²) in [4.78, 5) is 5.41. The fourth-order valence-electron chi connectivity index (χ4n) is 1.37. The number of oxazole rings is 1. The number of hydrogen-bond acceptors (Lipinski definition) is 5. The van der Waals surface area contributed by atoms with Gasteiger partial charge in [0.05, 0.1) is 0 Å². The second kappa shape index (κ2) is 2.88. The Labute approximate surface area is 84.5 Å². The van der Waals surface area contributed by atoms with Crippen molar-refractivity contribution in [1.29, 1.82) is 0 Å². The predicted octanol–water partition coefficient (Wildman–Crippen LogP) is 0.912. The van der Waals surface area contributed by atoms with Crippen LogP contribution in [-0.4, -0.2) is 25.2 Å². The summed E-state index contributed by atoms with van der Waals surface area (Å²) >= 11 is 0. The van der Waals surface area contributed by atoms with Crippen molar-refractivity contribution in [2.75, 3.05) is 0 Å². The standard InChI is InChI=1S/C9H6N5O/c1-6-11-13-14(12-6)7-3-2-4-8-9(7)10-5-15-8/h2-4H,1H3. The minimum absolute atomic E-state index is 0.611. The van der Waals surface area contributed by atoms with Crippen LogP contribution < -0.4 is 0 Å². The maximum Gasteiger partial charge on any atom is 0.284 e. The Hall–Kier alpha value is -2.24. The third-order valence-electron chi connectivity index (χ3n) is 2.02. The molecule has 0 saturated carbocycles. The highest BCUT2D eigenvalue weighted by Gasteiger charge is 2.09. The van der Waals surface area contributed by atoms with Crippen molar-refractivity contribution in [2.45, 2.75) is 6.92 Å². The Balaban J connectivity index is 2.30. The Morgan fingerprint density at radius 2 is 2.33 bits per heavy atom. The van der Waals surface area contributed by atoms with Gasteiger partial charge in [-0.25, -0.2) is 4.98 Å². The van der Waals surface area contributed by atoms with Crippen molar-refractivity contribution >= 4 is 11.1 Å². The number of hydrogen-bond donors (Lipinski definition) is 0. The van der Waals surface area contributed by atoms with E-state index in [0.717, 1.165) is 5.69 Å². The second-order valence-corrected chi connectivity index (χ2v) is 3.06. The lowest BCUT2D eigenvalue weighted by Crippen LogP contribution is -1.99. The summed E-state index contributed by atoms with van der Waals surface area (Å²) in [5.41, 5.74) is 2.07. The van der Waals surface area contributed by atoms with E-state index in [1.165, 1.54) is 4.80 Å². The third kappa shape index (κ3) is 1.18. The number of para-hydroxylation sites is 1. The second-order valence-electron chi connectivity index (χ2n) is 3.06. The molecule has 0 N–H and O–H groups in total. The van der Waals surface area contributed by atoms with Gasteiger partial charge in [0.1, 0.15) is 11.2 Å². The van der Waals surface area contributed by atoms with Crippen LogP contribution in [0.2, 0.25) is 0 Å². The number of aryl methyl sites for hydroxylation is 1. The van der Waals surface area contributed by atoms with Crippen LogP contribution in [0, 0.1) is 13.3 Å². The van der Waals surface area contributed by atoms with Crippen LogP contribution in [0.5, 0.6) is 0 Å². The SMILES string of the molecule is Cc1nnn(-c2cccc3o[c]nc23)n1. The number of benzene rings is 1. The number of fused-ring (bicyclic) bond motifs is 1. The molecule has 1 aromatic carbocycles. The molecule has 0 aliphatic carbocycles. The monoisotopic (exact) mass is 200 g/mol. The topological polar surface area (TPSA) is 69.6 Å². The molecule has 0 bridgehead atoms. The molecule has 3 rings (SSSR count). The smallest absolute Gasteiger partial charge is 0.284 e. The van der Waals surface area contributed by atoms with Gasteiger partial charge in [-0.2, -0.15) is 0 Å². The summed E-state index contributed by atoms with van der Waals surface area (Å²) < 4.78 is 5.06. The summed E-state index contributed by atoms with van der Waals surface area (Å²) in [5.74, 6) is 0.611. The maximum absolute atomic E-state index is 5.06. The van der Waals surface area contributed by atoms with E-state index in [1.54, 1.807) is 6.92 Å². The van der Waals surface area contributed by atoms with Gasteiger partial charge in [-0.1, -0.05) is 6.07 Å². The fraction of sp³-hybridized carbons (Fsp3) is 0.111. The Kier molecular flexibility index (Phi) is 1.55. The van der Waals surface area contributed by atoms with Crippen molar-refractivity contribution in [3.05, 3.63) is 30.4 Å². The number of rotatable bonds is 1. The van der Waals surface area contributed by atoms with Gasteiger partial charge < -0.3 is 4.42 Å². The van der Waals surface area contributed by atoms with E-state index in [4.69, 9.17) is 4.42 Å². The summed E-state index contributed by atoms with van der Waals surface area (Å²) in [7, 11) is 0. The molecular weight excluding hydrogens is 194 g/mol. The third-order valence-corrected chi connectivity index (χ3v) is 2.02. The Morgan fingerprint density at radius 3 is 3.13 bits per heavy atom. The molecule has 2 heterocycles. The van der Waals surface area contributed by atoms with Gasteiger partial charge >= 0.3 is 0 Å². The predicted molar refractivity (Wildman–Crippen MR) is 50.3 cm³/mol. The molecular formula is C9H6N5O. The van der Waals surface area contributed by atoms with Crippen LogP contribution in [-0.2, 0) is 0 Å². The highest BCUT2D eigenvalue weighted by atomic mass is 16.3. The molecule has 2 aromatic heterocycles. The van der Waals surface area contributed by atoms with E-state index < -0.39 is 0 Å². The lowest BCUT2D eigenvalue weighted by atomic mass is 10.3. The summed E-state index contributed by atoms with van der Waals surface area (Å²) in [6, 6.07) is 5.50. The van der Waals surface area contributed by atoms with E-state index >= 15 is 0 Å². The van der Waals surface area contributed by atoms with Crippen molar-refractivity contribution in [3.8, 4) is 5.69 Å². The highest BCUT2D eigenvalue weighted by molar-refractivity contribution is 5.81. The molecule has 0 fully saturated rings. The molecule has 15 heavy (non-hydrogen) atoms. The van der Waals surface area contributed by atoms with E-state index in [-0.39, 0.29) is 0 Å². The summed E-state index contributed by atoms with van der Waals surface area (Å²) in [6.07, 6.45) is 2.44. The number of aromatic nitrogens is 5. The number of nitrogens with zero attached hydrogens (tertiary/aromatic N) is 5. The molecule has 0 spiro atoms. The summed E-state index contributed by atoms with van der Waals surface area (Å²) in [5, 5.41) is 11.8. The first-order valence-electron chi connectivity index (χ1n) is 4.37. The van der Waals surface area contributed by atoms with Gasteiger partial charge in [0.2, 0.25) is 0 Å². The molecule has 0 amide bonds. The van der Waals surface area contributed by atoms with Crippen LogP contribution in [0.1, 0.15) is 5.82 Å². The van der Waals surface area contributed by atoms with Crippen molar-refractivity contribution in [3.63, 3.8) is 0 Å². The Morgan fingerprint density at radius 1 is 1.40 bits per heavy atom. The first-order chi connectivity index (χ1) is 7.34. The minimum Gasteiger partial charge on any atom is -0.432 e. The molecule has 0 aliphatic heterocycles. The largest absolute Gasteiger partial charge is 0.432 e. The molecule has 0 unspecified atom stereocenters. The van der Waals surface area contributed by atoms with Crippen LogP contribution in [0.15, 0.2) is 22.6 Å². The van der Waals surface area contributed by atoms with E-state index in [9.17, 15) is 0 Å². The molecule has 0 atom stereocenters. The fourth-order valence-corrected chi connectivity index (χ4v) is 1.37. The first kappa shape index (κ1) is 8.10. The highest BCUT2D eigenvalue weighted by Crippen LogP contribution is 2.18. The zero-order valence-electron chi connectivity index (χ0n) is 7.88. The van der Waals surface area contributed by atoms with E-state index in [1.807, 2.05) is 18.2 Å². The van der Waals surface area contributed by atoms with Crippen LogP contribution in [0.25, 0.3) is 16.8 Å². The average molecular weight is 200 g/mol. The zero-order valence-corrected chi connectivity index (χ0v) is 7.88. The lowest BCUT2D eigenvalue weighted by molar-refractivity contribution is 0.591. The van der Waals surface area contributed by atoms with Crippen molar-refractivity contribution in [2.24, 2.45) is 0 Å². The average Bonchev–Trinajstić information content (AvgIpc) is 2.84. The first-order valence-corrected chi connectivity index (χ1v) is 4.37. The maximum atomic E-state index is 5.06. The number of tetrazole rings is 1. The molecule has 73 valence electrons. The minimum atomic E-state index is 0.611. The van der Waals surface area contributed by atoms with E-state index in [0.29, 0.717) is 16.9 Å². The van der Waals surface area contributed by atoms with Gasteiger partial charge in [-0.3, -0.25) is 0 Å². The van der Waals surface area contributed by atoms with Crippen molar-refractivity contribution < 1.29 is 4.42 Å². The van der Waals surface area contributed by atoms with Crippen LogP contribution >= 0.6 is 0 Å². The Bertz CT molecular complexity index is 612. The van der Waals surface area contributed by atoms with Crippen LogP contribution in [0.4, 0.5) is 0 Å². The summed E-state index contributed by atoms with van der Waals surface area (Å²) in [6.45, 7) is 1.78. The van der Waals surface area contributed by atoms with Gasteiger partial charge in [0.15, 0.2) is 11.4 Å². The molecule has 1 radical (unpaired) electrons. The van der Waals surface area contributed by atoms with Gasteiger partial charge in [-0.15, -0.1) is 15.0 Å². The van der Waals surface area contributed by atoms with Gasteiger partial charge in [0.25, 0.3) is 6.39 Å². The molecule has 0 saturated heterocycles. The molecule has 0 aliphatic rings. The molecule has 6 nitrogen and oxygen atoms in total. The lowest BCUT2D eigenvalue weighted by Gasteiger charge is -1.97.